The number of carbonyl (C=O) groups excluding carboxylic acids is 1. The number of esters is 1. The lowest BCUT2D eigenvalue weighted by Gasteiger charge is -2.15. The predicted molar refractivity (Wildman–Crippen MR) is 66.4 cm³/mol. The second-order valence-corrected chi connectivity index (χ2v) is 4.21. The van der Waals surface area contributed by atoms with E-state index in [1.807, 2.05) is 19.9 Å². The molecular formula is C11H15BrN2O2. The fourth-order valence-electron chi connectivity index (χ4n) is 1.31. The molecule has 0 saturated heterocycles. The summed E-state index contributed by atoms with van der Waals surface area (Å²) in [6.07, 6.45) is 2.35. The average Bonchev–Trinajstić information content (AvgIpc) is 2.29. The van der Waals surface area contributed by atoms with Gasteiger partial charge in [0.05, 0.1) is 19.0 Å². The van der Waals surface area contributed by atoms with Crippen LogP contribution in [0.3, 0.4) is 0 Å². The molecule has 0 fully saturated rings. The van der Waals surface area contributed by atoms with Crippen LogP contribution in [0.4, 0.5) is 5.69 Å². The number of carbonyl (C=O) groups is 1. The molecule has 0 bridgehead atoms. The van der Waals surface area contributed by atoms with E-state index >= 15 is 0 Å². The van der Waals surface area contributed by atoms with Crippen LogP contribution in [0, 0.1) is 6.92 Å². The zero-order valence-electron chi connectivity index (χ0n) is 9.58. The lowest BCUT2D eigenvalue weighted by Crippen LogP contribution is -2.29. The van der Waals surface area contributed by atoms with E-state index in [-0.39, 0.29) is 12.0 Å². The van der Waals surface area contributed by atoms with Crippen LogP contribution in [0.15, 0.2) is 16.9 Å². The summed E-state index contributed by atoms with van der Waals surface area (Å²) in [6, 6.07) is 1.61. The zero-order chi connectivity index (χ0) is 12.1. The third-order valence-corrected chi connectivity index (χ3v) is 3.08. The summed E-state index contributed by atoms with van der Waals surface area (Å²) in [5.74, 6) is -0.261. The van der Waals surface area contributed by atoms with E-state index in [1.165, 1.54) is 7.11 Å². The van der Waals surface area contributed by atoms with Crippen molar-refractivity contribution >= 4 is 27.6 Å². The molecule has 0 spiro atoms. The largest absolute Gasteiger partial charge is 0.467 e. The molecule has 0 aliphatic heterocycles. The van der Waals surface area contributed by atoms with Gasteiger partial charge in [0.15, 0.2) is 0 Å². The van der Waals surface area contributed by atoms with Gasteiger partial charge < -0.3 is 10.1 Å². The van der Waals surface area contributed by atoms with E-state index in [0.29, 0.717) is 6.42 Å². The number of aryl methyl sites for hydroxylation is 1. The van der Waals surface area contributed by atoms with Crippen LogP contribution in [-0.4, -0.2) is 24.1 Å². The summed E-state index contributed by atoms with van der Waals surface area (Å²) in [7, 11) is 1.39. The molecule has 1 aromatic rings. The molecule has 1 unspecified atom stereocenters. The van der Waals surface area contributed by atoms with Gasteiger partial charge in [-0.3, -0.25) is 0 Å². The first-order valence-corrected chi connectivity index (χ1v) is 5.84. The van der Waals surface area contributed by atoms with Crippen molar-refractivity contribution in [3.63, 3.8) is 0 Å². The van der Waals surface area contributed by atoms with E-state index in [9.17, 15) is 4.79 Å². The minimum Gasteiger partial charge on any atom is -0.467 e. The first kappa shape index (κ1) is 13.0. The first-order valence-electron chi connectivity index (χ1n) is 5.05. The number of nitrogens with zero attached hydrogens (tertiary/aromatic N) is 1. The minimum atomic E-state index is -0.327. The van der Waals surface area contributed by atoms with Crippen LogP contribution in [0.1, 0.15) is 18.9 Å². The number of ether oxygens (including phenoxy) is 1. The van der Waals surface area contributed by atoms with Crippen LogP contribution >= 0.6 is 15.9 Å². The van der Waals surface area contributed by atoms with Crippen molar-refractivity contribution in [3.8, 4) is 0 Å². The van der Waals surface area contributed by atoms with Crippen molar-refractivity contribution < 1.29 is 9.53 Å². The maximum atomic E-state index is 11.4. The minimum absolute atomic E-state index is 0.261. The number of hydrogen-bond acceptors (Lipinski definition) is 4. The lowest BCUT2D eigenvalue weighted by molar-refractivity contribution is -0.141. The molecule has 0 saturated carbocycles. The van der Waals surface area contributed by atoms with Crippen LogP contribution in [0.2, 0.25) is 0 Å². The van der Waals surface area contributed by atoms with Crippen LogP contribution < -0.4 is 5.32 Å². The molecule has 0 aliphatic carbocycles. The first-order chi connectivity index (χ1) is 7.58. The highest BCUT2D eigenvalue weighted by atomic mass is 79.9. The predicted octanol–water partition coefficient (Wildman–Crippen LogP) is 2.52. The molecular weight excluding hydrogens is 272 g/mol. The van der Waals surface area contributed by atoms with Crippen molar-refractivity contribution in [2.75, 3.05) is 12.4 Å². The maximum Gasteiger partial charge on any atom is 0.328 e. The number of pyridine rings is 1. The highest BCUT2D eigenvalue weighted by Gasteiger charge is 2.16. The quantitative estimate of drug-likeness (QED) is 0.683. The van der Waals surface area contributed by atoms with Crippen molar-refractivity contribution in [2.45, 2.75) is 26.3 Å². The number of rotatable bonds is 4. The summed E-state index contributed by atoms with van der Waals surface area (Å²) in [6.45, 7) is 3.87. The van der Waals surface area contributed by atoms with Crippen molar-refractivity contribution in [3.05, 3.63) is 22.4 Å². The molecule has 0 radical (unpaired) electrons. The molecule has 88 valence electrons. The Labute approximate surface area is 104 Å². The molecule has 5 heteroatoms. The van der Waals surface area contributed by atoms with E-state index in [0.717, 1.165) is 15.9 Å². The third-order valence-electron chi connectivity index (χ3n) is 2.25. The topological polar surface area (TPSA) is 51.2 Å². The van der Waals surface area contributed by atoms with Crippen molar-refractivity contribution in [1.82, 2.24) is 4.98 Å². The Morgan fingerprint density at radius 1 is 1.69 bits per heavy atom. The Balaban J connectivity index is 2.78. The van der Waals surface area contributed by atoms with Crippen LogP contribution in [0.5, 0.6) is 0 Å². The fourth-order valence-corrected chi connectivity index (χ4v) is 1.52. The molecule has 1 heterocycles. The molecule has 1 N–H and O–H groups in total. The zero-order valence-corrected chi connectivity index (χ0v) is 11.2. The fraction of sp³-hybridized carbons (Fsp3) is 0.455. The third kappa shape index (κ3) is 3.20. The lowest BCUT2D eigenvalue weighted by atomic mass is 10.2. The van der Waals surface area contributed by atoms with Gasteiger partial charge in [0, 0.05) is 0 Å². The highest BCUT2D eigenvalue weighted by Crippen LogP contribution is 2.18. The van der Waals surface area contributed by atoms with Crippen LogP contribution in [-0.2, 0) is 9.53 Å². The average molecular weight is 287 g/mol. The Hall–Kier alpha value is -1.10. The molecule has 1 atom stereocenters. The number of anilines is 1. The van der Waals surface area contributed by atoms with E-state index in [2.05, 4.69) is 26.2 Å². The van der Waals surface area contributed by atoms with Gasteiger partial charge in [0.2, 0.25) is 0 Å². The standard InChI is InChI=1S/C11H15BrN2O2/c1-4-9(11(15)16-3)14-8-5-7(2)10(12)13-6-8/h5-6,9,14H,4H2,1-3H3. The molecule has 1 aromatic heterocycles. The second-order valence-electron chi connectivity index (χ2n) is 3.46. The Kier molecular flexibility index (Phi) is 4.73. The Bertz CT molecular complexity index is 382. The van der Waals surface area contributed by atoms with Crippen molar-refractivity contribution in [2.24, 2.45) is 0 Å². The van der Waals surface area contributed by atoms with Gasteiger partial charge in [-0.2, -0.15) is 0 Å². The van der Waals surface area contributed by atoms with E-state index in [4.69, 9.17) is 4.74 Å². The van der Waals surface area contributed by atoms with Gasteiger partial charge in [-0.1, -0.05) is 6.92 Å². The second kappa shape index (κ2) is 5.84. The summed E-state index contributed by atoms with van der Waals surface area (Å²) in [5.41, 5.74) is 1.84. The number of halogens is 1. The summed E-state index contributed by atoms with van der Waals surface area (Å²) in [5, 5.41) is 3.09. The SMILES string of the molecule is CCC(Nc1cnc(Br)c(C)c1)C(=O)OC. The molecule has 0 aliphatic rings. The summed E-state index contributed by atoms with van der Waals surface area (Å²) < 4.78 is 5.51. The normalized spacial score (nSPS) is 12.0. The number of nitrogens with one attached hydrogen (secondary N) is 1. The van der Waals surface area contributed by atoms with Gasteiger partial charge in [0.1, 0.15) is 10.6 Å². The Morgan fingerprint density at radius 3 is 2.88 bits per heavy atom. The Morgan fingerprint density at radius 2 is 2.38 bits per heavy atom. The highest BCUT2D eigenvalue weighted by molar-refractivity contribution is 9.10. The van der Waals surface area contributed by atoms with Gasteiger partial charge in [-0.25, -0.2) is 9.78 Å². The van der Waals surface area contributed by atoms with E-state index in [1.54, 1.807) is 6.20 Å². The smallest absolute Gasteiger partial charge is 0.328 e. The maximum absolute atomic E-state index is 11.4. The van der Waals surface area contributed by atoms with Gasteiger partial charge in [-0.15, -0.1) is 0 Å². The molecule has 1 rings (SSSR count). The molecule has 0 amide bonds. The van der Waals surface area contributed by atoms with Gasteiger partial charge in [-0.05, 0) is 40.9 Å². The number of hydrogen-bond donors (Lipinski definition) is 1. The van der Waals surface area contributed by atoms with Crippen molar-refractivity contribution in [1.29, 1.82) is 0 Å². The van der Waals surface area contributed by atoms with Crippen LogP contribution in [0.25, 0.3) is 0 Å². The number of methoxy groups -OCH3 is 1. The molecule has 16 heavy (non-hydrogen) atoms. The van der Waals surface area contributed by atoms with Gasteiger partial charge >= 0.3 is 5.97 Å². The number of aromatic nitrogens is 1. The summed E-state index contributed by atoms with van der Waals surface area (Å²) in [4.78, 5) is 15.5. The molecule has 0 aromatic carbocycles. The van der Waals surface area contributed by atoms with Gasteiger partial charge in [0.25, 0.3) is 0 Å². The van der Waals surface area contributed by atoms with E-state index < -0.39 is 0 Å². The monoisotopic (exact) mass is 286 g/mol. The summed E-state index contributed by atoms with van der Waals surface area (Å²) >= 11 is 3.32. The molecule has 4 nitrogen and oxygen atoms in total.